The Morgan fingerprint density at radius 2 is 1.14 bits per heavy atom. The van der Waals surface area contributed by atoms with Crippen molar-refractivity contribution in [2.24, 2.45) is 5.73 Å². The summed E-state index contributed by atoms with van der Waals surface area (Å²) in [6.45, 7) is 0. The first-order valence-corrected chi connectivity index (χ1v) is 9.81. The summed E-state index contributed by atoms with van der Waals surface area (Å²) in [4.78, 5) is 23.4. The Labute approximate surface area is 178 Å². The quantitative estimate of drug-likeness (QED) is 0.493. The van der Waals surface area contributed by atoms with Gasteiger partial charge in [-0.05, 0) is 0 Å². The fraction of sp³-hybridized carbons (Fsp3) is 0.857. The van der Waals surface area contributed by atoms with Crippen LogP contribution >= 0.6 is 0 Å². The molecule has 0 heterocycles. The molecule has 2 rings (SSSR count). The molecule has 0 aromatic heterocycles. The monoisotopic (exact) mass is 536 g/mol. The van der Waals surface area contributed by atoms with Gasteiger partial charge in [-0.2, -0.15) is 0 Å². The molecule has 0 aromatic carbocycles. The zero-order valence-corrected chi connectivity index (χ0v) is 19.5. The summed E-state index contributed by atoms with van der Waals surface area (Å²) in [5.41, 5.74) is 4.48. The van der Waals surface area contributed by atoms with Crippen molar-refractivity contribution in [3.05, 3.63) is 0 Å². The summed E-state index contributed by atoms with van der Waals surface area (Å²) in [6.07, 6.45) is 13.0. The van der Waals surface area contributed by atoms with E-state index in [-0.39, 0.29) is 34.9 Å². The van der Waals surface area contributed by atoms with Gasteiger partial charge in [0, 0.05) is 0 Å². The van der Waals surface area contributed by atoms with Crippen LogP contribution in [0.5, 0.6) is 0 Å². The van der Waals surface area contributed by atoms with Crippen molar-refractivity contribution in [2.75, 3.05) is 0 Å². The Hall–Kier alpha value is 1.52. The second-order valence-corrected chi connectivity index (χ2v) is 7.72. The van der Waals surface area contributed by atoms with Gasteiger partial charge in [-0.15, -0.1) is 0 Å². The molecule has 0 atom stereocenters. The van der Waals surface area contributed by atoms with Gasteiger partial charge in [0.1, 0.15) is 0 Å². The normalized spacial score (nSPS) is 19.6. The largest absolute Gasteiger partial charge is 1.00 e. The van der Waals surface area contributed by atoms with Crippen LogP contribution in [0.15, 0.2) is 0 Å². The molecule has 2 N–H and O–H groups in total. The number of hydrogen-bond donors (Lipinski definition) is 1. The minimum absolute atomic E-state index is 0. The molecular weight excluding hydrogens is 506 g/mol. The Balaban J connectivity index is 0. The third-order valence-corrected chi connectivity index (χ3v) is 4.75. The first-order chi connectivity index (χ1) is 9.52. The molecule has 116 valence electrons. The molecule has 2 radical (unpaired) electrons. The summed E-state index contributed by atoms with van der Waals surface area (Å²) in [6, 6.07) is 1.13. The molecule has 0 bridgehead atoms. The molecular formula is C14H25N2NaO2Te2. The summed E-state index contributed by atoms with van der Waals surface area (Å²) >= 11 is 2.94. The van der Waals surface area contributed by atoms with Crippen molar-refractivity contribution in [1.29, 1.82) is 0 Å². The third kappa shape index (κ3) is 9.41. The number of rotatable bonds is 2. The fourth-order valence-corrected chi connectivity index (χ4v) is 4.17. The van der Waals surface area contributed by atoms with E-state index in [1.165, 1.54) is 86.5 Å². The van der Waals surface area contributed by atoms with E-state index in [9.17, 15) is 9.59 Å². The Bertz CT molecular complexity index is 304. The van der Waals surface area contributed by atoms with Crippen molar-refractivity contribution in [1.82, 2.24) is 4.90 Å². The maximum atomic E-state index is 11.9. The SMILES string of the molecule is NC(=O)[Te].O=C([Te])N(C1CCCCC1)C1CCCCC1.[H-].[Na+]. The number of nitrogens with two attached hydrogens (primary N) is 1. The van der Waals surface area contributed by atoms with Gasteiger partial charge in [-0.3, -0.25) is 0 Å². The van der Waals surface area contributed by atoms with Crippen LogP contribution in [0.1, 0.15) is 65.6 Å². The van der Waals surface area contributed by atoms with Gasteiger partial charge in [0.25, 0.3) is 0 Å². The third-order valence-electron chi connectivity index (χ3n) is 4.15. The van der Waals surface area contributed by atoms with Gasteiger partial charge in [0.15, 0.2) is 0 Å². The fourth-order valence-electron chi connectivity index (χ4n) is 3.31. The van der Waals surface area contributed by atoms with Gasteiger partial charge in [-0.1, -0.05) is 0 Å². The average Bonchev–Trinajstić information content (AvgIpc) is 2.40. The van der Waals surface area contributed by atoms with Crippen LogP contribution in [0.25, 0.3) is 0 Å². The summed E-state index contributed by atoms with van der Waals surface area (Å²) < 4.78 is 0.00500. The second-order valence-electron chi connectivity index (χ2n) is 5.58. The average molecular weight is 532 g/mol. The first kappa shape index (κ1) is 22.5. The van der Waals surface area contributed by atoms with Gasteiger partial charge in [0.05, 0.1) is 0 Å². The van der Waals surface area contributed by atoms with Gasteiger partial charge in [-0.25, -0.2) is 0 Å². The van der Waals surface area contributed by atoms with Crippen LogP contribution in [0.4, 0.5) is 9.59 Å². The zero-order valence-electron chi connectivity index (χ0n) is 13.9. The number of nitrogens with zero attached hydrogens (tertiary/aromatic N) is 1. The maximum Gasteiger partial charge on any atom is 1.00 e. The van der Waals surface area contributed by atoms with Crippen molar-refractivity contribution < 1.29 is 40.6 Å². The molecule has 2 fully saturated rings. The van der Waals surface area contributed by atoms with E-state index in [1.54, 1.807) is 22.3 Å². The van der Waals surface area contributed by atoms with E-state index >= 15 is 0 Å². The molecule has 0 saturated heterocycles. The van der Waals surface area contributed by atoms with E-state index in [0.717, 1.165) is 0 Å². The summed E-state index contributed by atoms with van der Waals surface area (Å²) in [5.74, 6) is 0. The van der Waals surface area contributed by atoms with Gasteiger partial charge in [0.2, 0.25) is 0 Å². The van der Waals surface area contributed by atoms with E-state index in [2.05, 4.69) is 10.6 Å². The molecule has 21 heavy (non-hydrogen) atoms. The molecule has 0 aliphatic heterocycles. The molecule has 2 aliphatic carbocycles. The predicted octanol–water partition coefficient (Wildman–Crippen LogP) is -0.408. The summed E-state index contributed by atoms with van der Waals surface area (Å²) in [5, 5.41) is 0. The Kier molecular flexibility index (Phi) is 13.8. The summed E-state index contributed by atoms with van der Waals surface area (Å²) in [7, 11) is 0. The minimum atomic E-state index is -0.323. The van der Waals surface area contributed by atoms with E-state index in [1.807, 2.05) is 0 Å². The maximum absolute atomic E-state index is 11.9. The number of carbonyl (C=O) groups excluding carboxylic acids is 2. The van der Waals surface area contributed by atoms with Crippen LogP contribution in [0, 0.1) is 0 Å². The van der Waals surface area contributed by atoms with Crippen molar-refractivity contribution in [2.45, 2.75) is 76.3 Å². The van der Waals surface area contributed by atoms with E-state index in [4.69, 9.17) is 0 Å². The van der Waals surface area contributed by atoms with E-state index in [0.29, 0.717) is 16.0 Å². The topological polar surface area (TPSA) is 63.4 Å². The van der Waals surface area contributed by atoms with Crippen LogP contribution in [0.2, 0.25) is 0 Å². The van der Waals surface area contributed by atoms with Crippen LogP contribution < -0.4 is 35.3 Å². The van der Waals surface area contributed by atoms with Crippen LogP contribution in [-0.2, 0) is 0 Å². The first-order valence-electron chi connectivity index (χ1n) is 7.48. The predicted molar refractivity (Wildman–Crippen MR) is 83.2 cm³/mol. The Morgan fingerprint density at radius 1 is 0.857 bits per heavy atom. The number of carbonyl (C=O) groups is 2. The van der Waals surface area contributed by atoms with E-state index < -0.39 is 0 Å². The van der Waals surface area contributed by atoms with Gasteiger partial charge < -0.3 is 1.43 Å². The molecule has 2 saturated carbocycles. The smallest absolute Gasteiger partial charge is 1.00 e. The zero-order chi connectivity index (χ0) is 15.0. The van der Waals surface area contributed by atoms with Crippen molar-refractivity contribution in [3.8, 4) is 0 Å². The molecule has 2 aliphatic rings. The second kappa shape index (κ2) is 12.9. The van der Waals surface area contributed by atoms with Crippen molar-refractivity contribution >= 4 is 52.5 Å². The van der Waals surface area contributed by atoms with Gasteiger partial charge >= 0.3 is 179 Å². The number of amides is 2. The molecule has 0 aromatic rings. The number of primary amides is 1. The Morgan fingerprint density at radius 3 is 1.38 bits per heavy atom. The molecule has 7 heteroatoms. The molecule has 2 amide bonds. The standard InChI is InChI=1S/C13H22NOTe.CH2NOTe.Na.H/c15-13(16)14(11-7-3-1-4-8-11)12-9-5-2-6-10-12;2-1(3)4;;/h11-12H,1-10H2;(H2,2,3);;/q;;+1;-1. The minimum Gasteiger partial charge on any atom is -1.00 e. The molecule has 0 spiro atoms. The van der Waals surface area contributed by atoms with Crippen molar-refractivity contribution in [3.63, 3.8) is 0 Å². The van der Waals surface area contributed by atoms with Crippen LogP contribution in [0.3, 0.4) is 0 Å². The molecule has 4 nitrogen and oxygen atoms in total. The number of hydrogen-bond acceptors (Lipinski definition) is 2. The molecule has 0 unspecified atom stereocenters. The van der Waals surface area contributed by atoms with Crippen LogP contribution in [-0.4, -0.2) is 69.5 Å².